The Morgan fingerprint density at radius 3 is 2.50 bits per heavy atom. The summed E-state index contributed by atoms with van der Waals surface area (Å²) in [5.74, 6) is 0.465. The molecule has 0 N–H and O–H groups in total. The summed E-state index contributed by atoms with van der Waals surface area (Å²) in [6, 6.07) is 15.4. The monoisotopic (exact) mass is 364 g/mol. The number of nitrogens with zero attached hydrogens (tertiary/aromatic N) is 2. The van der Waals surface area contributed by atoms with Crippen molar-refractivity contribution in [2.75, 3.05) is 12.0 Å². The summed E-state index contributed by atoms with van der Waals surface area (Å²) < 4.78 is 7.28. The first-order valence-electron chi connectivity index (χ1n) is 8.04. The van der Waals surface area contributed by atoms with Gasteiger partial charge in [-0.25, -0.2) is 4.90 Å². The minimum Gasteiger partial charge on any atom is -0.497 e. The number of rotatable bonds is 4. The molecule has 5 nitrogen and oxygen atoms in total. The third kappa shape index (κ3) is 2.68. The van der Waals surface area contributed by atoms with Crippen molar-refractivity contribution in [1.82, 2.24) is 4.57 Å². The molecule has 0 atom stereocenters. The van der Waals surface area contributed by atoms with E-state index < -0.39 is 0 Å². The van der Waals surface area contributed by atoms with Gasteiger partial charge in [0.05, 0.1) is 23.2 Å². The molecule has 2 heterocycles. The van der Waals surface area contributed by atoms with Crippen molar-refractivity contribution in [3.05, 3.63) is 71.8 Å². The molecule has 2 amide bonds. The number of carbonyl (C=O) groups excluding carboxylic acids is 2. The van der Waals surface area contributed by atoms with Gasteiger partial charge in [0.15, 0.2) is 0 Å². The summed E-state index contributed by atoms with van der Waals surface area (Å²) in [4.78, 5) is 25.9. The van der Waals surface area contributed by atoms with E-state index in [1.807, 2.05) is 48.7 Å². The smallest absolute Gasteiger partial charge is 0.298 e. The van der Waals surface area contributed by atoms with Crippen molar-refractivity contribution >= 4 is 39.5 Å². The zero-order valence-electron chi connectivity index (χ0n) is 14.1. The van der Waals surface area contributed by atoms with E-state index in [0.717, 1.165) is 34.0 Å². The molecule has 0 radical (unpaired) electrons. The number of methoxy groups -OCH3 is 1. The zero-order chi connectivity index (χ0) is 18.3. The van der Waals surface area contributed by atoms with E-state index in [1.165, 1.54) is 4.90 Å². The lowest BCUT2D eigenvalue weighted by molar-refractivity contribution is -0.113. The van der Waals surface area contributed by atoms with Crippen LogP contribution in [0.25, 0.3) is 10.9 Å². The molecule has 130 valence electrons. The van der Waals surface area contributed by atoms with Crippen LogP contribution < -0.4 is 9.64 Å². The van der Waals surface area contributed by atoms with Crippen LogP contribution in [0.1, 0.15) is 5.56 Å². The summed E-state index contributed by atoms with van der Waals surface area (Å²) in [5.41, 5.74) is 2.68. The molecule has 0 unspecified atom stereocenters. The lowest BCUT2D eigenvalue weighted by Gasteiger charge is -2.14. The highest BCUT2D eigenvalue weighted by Gasteiger charge is 2.36. The summed E-state index contributed by atoms with van der Waals surface area (Å²) in [6.07, 6.45) is 1.96. The number of fused-ring (bicyclic) bond motifs is 1. The fraction of sp³-hybridized carbons (Fsp3) is 0.100. The van der Waals surface area contributed by atoms with Crippen molar-refractivity contribution < 1.29 is 14.3 Å². The predicted octanol–water partition coefficient (Wildman–Crippen LogP) is 4.41. The Hall–Kier alpha value is -2.99. The molecule has 1 aliphatic rings. The van der Waals surface area contributed by atoms with Crippen LogP contribution >= 0.6 is 11.8 Å². The second-order valence-electron chi connectivity index (χ2n) is 5.93. The number of hydrogen-bond donors (Lipinski definition) is 0. The Bertz CT molecular complexity index is 1040. The molecule has 1 saturated heterocycles. The second-order valence-corrected chi connectivity index (χ2v) is 6.98. The number of aromatic nitrogens is 1. The average molecular weight is 364 g/mol. The number of anilines is 1. The van der Waals surface area contributed by atoms with E-state index in [-0.39, 0.29) is 16.1 Å². The minimum absolute atomic E-state index is 0.254. The van der Waals surface area contributed by atoms with Gasteiger partial charge in [0, 0.05) is 18.1 Å². The molecule has 0 spiro atoms. The molecular weight excluding hydrogens is 348 g/mol. The van der Waals surface area contributed by atoms with Crippen LogP contribution in [0.2, 0.25) is 0 Å². The van der Waals surface area contributed by atoms with Gasteiger partial charge in [0.1, 0.15) is 5.75 Å². The number of ether oxygens (including phenoxy) is 1. The number of benzene rings is 2. The molecule has 0 bridgehead atoms. The second kappa shape index (κ2) is 6.38. The van der Waals surface area contributed by atoms with E-state index >= 15 is 0 Å². The van der Waals surface area contributed by atoms with Gasteiger partial charge in [0.2, 0.25) is 0 Å². The molecule has 26 heavy (non-hydrogen) atoms. The number of carbonyl (C=O) groups is 2. The van der Waals surface area contributed by atoms with E-state index in [1.54, 1.807) is 13.2 Å². The molecule has 1 aromatic heterocycles. The van der Waals surface area contributed by atoms with Crippen LogP contribution in [0.3, 0.4) is 0 Å². The molecule has 6 heteroatoms. The van der Waals surface area contributed by atoms with Crippen LogP contribution in [-0.4, -0.2) is 22.8 Å². The lowest BCUT2D eigenvalue weighted by atomic mass is 10.2. The van der Waals surface area contributed by atoms with E-state index in [9.17, 15) is 9.59 Å². The number of hydrogen-bond acceptors (Lipinski definition) is 4. The van der Waals surface area contributed by atoms with Gasteiger partial charge in [-0.05, 0) is 47.7 Å². The quantitative estimate of drug-likeness (QED) is 0.644. The Labute approximate surface area is 154 Å². The summed E-state index contributed by atoms with van der Waals surface area (Å²) in [5, 5.41) is 0.549. The Balaban J connectivity index is 1.72. The zero-order valence-corrected chi connectivity index (χ0v) is 15.0. The van der Waals surface area contributed by atoms with Crippen molar-refractivity contribution in [2.45, 2.75) is 6.54 Å². The summed E-state index contributed by atoms with van der Waals surface area (Å²) >= 11 is 0.877. The third-order valence-corrected chi connectivity index (χ3v) is 5.16. The van der Waals surface area contributed by atoms with Crippen LogP contribution in [0.5, 0.6) is 5.75 Å². The first-order valence-corrected chi connectivity index (χ1v) is 8.86. The third-order valence-electron chi connectivity index (χ3n) is 4.38. The van der Waals surface area contributed by atoms with Crippen LogP contribution in [0, 0.1) is 0 Å². The first kappa shape index (κ1) is 16.5. The van der Waals surface area contributed by atoms with Gasteiger partial charge < -0.3 is 9.30 Å². The maximum atomic E-state index is 12.3. The fourth-order valence-electron chi connectivity index (χ4n) is 3.08. The van der Waals surface area contributed by atoms with Crippen LogP contribution in [-0.2, 0) is 11.3 Å². The molecule has 0 aliphatic carbocycles. The van der Waals surface area contributed by atoms with Gasteiger partial charge >= 0.3 is 0 Å². The van der Waals surface area contributed by atoms with E-state index in [0.29, 0.717) is 12.2 Å². The molecular formula is C20H16N2O3S. The SMILES string of the molecule is C=C1SC(=O)N(c2cccc3c2ccn3Cc2ccc(OC)cc2)C1=O. The number of amides is 2. The highest BCUT2D eigenvalue weighted by Crippen LogP contribution is 2.37. The fourth-order valence-corrected chi connectivity index (χ4v) is 3.74. The average Bonchev–Trinajstić information content (AvgIpc) is 3.16. The normalized spacial score (nSPS) is 14.5. The minimum atomic E-state index is -0.351. The topological polar surface area (TPSA) is 51.5 Å². The van der Waals surface area contributed by atoms with Crippen molar-refractivity contribution in [1.29, 1.82) is 0 Å². The van der Waals surface area contributed by atoms with Crippen molar-refractivity contribution in [3.8, 4) is 5.75 Å². The van der Waals surface area contributed by atoms with Crippen molar-refractivity contribution in [3.63, 3.8) is 0 Å². The Kier molecular flexibility index (Phi) is 4.05. The van der Waals surface area contributed by atoms with E-state index in [2.05, 4.69) is 11.1 Å². The van der Waals surface area contributed by atoms with Crippen LogP contribution in [0.15, 0.2) is 66.2 Å². The number of thioether (sulfide) groups is 1. The lowest BCUT2D eigenvalue weighted by Crippen LogP contribution is -2.27. The highest BCUT2D eigenvalue weighted by molar-refractivity contribution is 8.18. The van der Waals surface area contributed by atoms with Crippen LogP contribution in [0.4, 0.5) is 10.5 Å². The largest absolute Gasteiger partial charge is 0.497 e. The molecule has 4 rings (SSSR count). The first-order chi connectivity index (χ1) is 12.6. The molecule has 1 fully saturated rings. The van der Waals surface area contributed by atoms with Gasteiger partial charge in [-0.3, -0.25) is 9.59 Å². The predicted molar refractivity (Wildman–Crippen MR) is 104 cm³/mol. The highest BCUT2D eigenvalue weighted by atomic mass is 32.2. The van der Waals surface area contributed by atoms with E-state index in [4.69, 9.17) is 4.74 Å². The standard InChI is InChI=1S/C20H16N2O3S/c1-13-19(23)22(20(24)26-13)18-5-3-4-17-16(18)10-11-21(17)12-14-6-8-15(25-2)9-7-14/h3-11H,1,12H2,2H3. The maximum Gasteiger partial charge on any atom is 0.298 e. The number of imide groups is 1. The molecule has 1 aliphatic heterocycles. The Morgan fingerprint density at radius 1 is 1.08 bits per heavy atom. The van der Waals surface area contributed by atoms with Gasteiger partial charge in [-0.1, -0.05) is 24.8 Å². The maximum absolute atomic E-state index is 12.3. The van der Waals surface area contributed by atoms with Crippen molar-refractivity contribution in [2.24, 2.45) is 0 Å². The van der Waals surface area contributed by atoms with Gasteiger partial charge in [-0.2, -0.15) is 0 Å². The van der Waals surface area contributed by atoms with Gasteiger partial charge in [0.25, 0.3) is 11.1 Å². The Morgan fingerprint density at radius 2 is 1.85 bits per heavy atom. The summed E-state index contributed by atoms with van der Waals surface area (Å²) in [6.45, 7) is 4.33. The molecule has 3 aromatic rings. The molecule has 0 saturated carbocycles. The molecule has 2 aromatic carbocycles. The van der Waals surface area contributed by atoms with Gasteiger partial charge in [-0.15, -0.1) is 0 Å². The summed E-state index contributed by atoms with van der Waals surface area (Å²) in [7, 11) is 1.64.